The van der Waals surface area contributed by atoms with Crippen LogP contribution in [0.4, 0.5) is 79.0 Å². The molecule has 4 nitrogen and oxygen atoms in total. The standard InChI is InChI=1S/C63H32F18N4/c64-58(65,66)40-23-37(24-41(31-40)59(67,68)69)35-19-21-52-46(27-35)47-28-36(38-25-42(60(70,71)72)32-43(26-38)61(73,74)75)20-22-53(47)85(52)54-48(44-15-7-9-17-50(44)62(76,77)78)29-39(30-49(54)45-16-8-10-18-51(45)63(79,80)81)57-83-55(33-11-3-1-4-12-33)82-56(84-57)34-13-5-2-6-14-34/h1-32H. The van der Waals surface area contributed by atoms with Crippen LogP contribution in [0.3, 0.4) is 0 Å². The summed E-state index contributed by atoms with van der Waals surface area (Å²) >= 11 is 0. The molecule has 22 heteroatoms. The number of rotatable bonds is 8. The fraction of sp³-hybridized carbons (Fsp3) is 0.0952. The molecule has 0 amide bonds. The van der Waals surface area contributed by atoms with Gasteiger partial charge in [-0.25, -0.2) is 15.0 Å². The minimum Gasteiger partial charge on any atom is -0.308 e. The van der Waals surface area contributed by atoms with Gasteiger partial charge in [-0.15, -0.1) is 0 Å². The molecular formula is C63H32F18N4. The molecule has 0 unspecified atom stereocenters. The zero-order valence-electron chi connectivity index (χ0n) is 42.6. The van der Waals surface area contributed by atoms with Crippen LogP contribution in [0, 0.1) is 0 Å². The molecule has 0 fully saturated rings. The van der Waals surface area contributed by atoms with Crippen molar-refractivity contribution in [2.75, 3.05) is 0 Å². The van der Waals surface area contributed by atoms with E-state index in [1.807, 2.05) is 0 Å². The SMILES string of the molecule is FC(F)(F)c1cc(-c2ccc3c(c2)c2cc(-c4cc(C(F)(F)F)cc(C(F)(F)F)c4)ccc2n3-c2c(-c3ccccc3C(F)(F)F)cc(-c3nc(-c4ccccc4)nc(-c4ccccc4)n3)cc2-c2ccccc2C(F)(F)F)cc(C(F)(F)F)c1. The van der Waals surface area contributed by atoms with Crippen LogP contribution in [-0.4, -0.2) is 19.5 Å². The summed E-state index contributed by atoms with van der Waals surface area (Å²) in [5, 5.41) is -0.509. The smallest absolute Gasteiger partial charge is 0.308 e. The summed E-state index contributed by atoms with van der Waals surface area (Å²) in [6.45, 7) is 0. The van der Waals surface area contributed by atoms with E-state index < -0.39 is 121 Å². The van der Waals surface area contributed by atoms with E-state index in [4.69, 9.17) is 9.97 Å². The minimum atomic E-state index is -5.36. The molecule has 0 N–H and O–H groups in total. The Morgan fingerprint density at radius 1 is 0.247 bits per heavy atom. The van der Waals surface area contributed by atoms with Crippen LogP contribution in [-0.2, 0) is 37.1 Å². The van der Waals surface area contributed by atoms with Crippen LogP contribution in [0.5, 0.6) is 0 Å². The van der Waals surface area contributed by atoms with Crippen LogP contribution < -0.4 is 0 Å². The fourth-order valence-corrected chi connectivity index (χ4v) is 10.1. The molecule has 0 saturated heterocycles. The lowest BCUT2D eigenvalue weighted by molar-refractivity contribution is -0.144. The highest BCUT2D eigenvalue weighted by molar-refractivity contribution is 6.13. The van der Waals surface area contributed by atoms with Gasteiger partial charge in [0.05, 0.1) is 50.1 Å². The molecule has 2 aromatic heterocycles. The topological polar surface area (TPSA) is 43.6 Å². The molecule has 0 aliphatic rings. The molecule has 0 saturated carbocycles. The van der Waals surface area contributed by atoms with Crippen LogP contribution in [0.25, 0.3) is 106 Å². The van der Waals surface area contributed by atoms with Crippen molar-refractivity contribution in [3.8, 4) is 84.4 Å². The van der Waals surface area contributed by atoms with E-state index in [0.717, 1.165) is 65.2 Å². The van der Waals surface area contributed by atoms with Crippen molar-refractivity contribution in [3.63, 3.8) is 0 Å². The Kier molecular flexibility index (Phi) is 14.0. The average Bonchev–Trinajstić information content (AvgIpc) is 1.69. The highest BCUT2D eigenvalue weighted by Crippen LogP contribution is 2.51. The largest absolute Gasteiger partial charge is 0.417 e. The molecule has 11 aromatic rings. The third kappa shape index (κ3) is 11.3. The maximum absolute atomic E-state index is 15.6. The molecule has 85 heavy (non-hydrogen) atoms. The van der Waals surface area contributed by atoms with E-state index in [1.54, 1.807) is 60.7 Å². The van der Waals surface area contributed by atoms with Gasteiger partial charge in [-0.05, 0) is 118 Å². The van der Waals surface area contributed by atoms with Crippen molar-refractivity contribution < 1.29 is 79.0 Å². The third-order valence-electron chi connectivity index (χ3n) is 13.9. The normalized spacial score (nSPS) is 12.8. The number of benzene rings is 9. The Morgan fingerprint density at radius 2 is 0.565 bits per heavy atom. The Morgan fingerprint density at radius 3 is 0.894 bits per heavy atom. The average molecular weight is 1190 g/mol. The van der Waals surface area contributed by atoms with E-state index in [-0.39, 0.29) is 57.0 Å². The Balaban J connectivity index is 1.32. The van der Waals surface area contributed by atoms with Gasteiger partial charge in [-0.3, -0.25) is 0 Å². The minimum absolute atomic E-state index is 0.0169. The molecule has 0 aliphatic heterocycles. The lowest BCUT2D eigenvalue weighted by Gasteiger charge is -2.24. The number of alkyl halides is 18. The van der Waals surface area contributed by atoms with Crippen molar-refractivity contribution in [1.82, 2.24) is 19.5 Å². The van der Waals surface area contributed by atoms with Crippen LogP contribution in [0.15, 0.2) is 194 Å². The highest BCUT2D eigenvalue weighted by Gasteiger charge is 2.41. The molecule has 0 bridgehead atoms. The van der Waals surface area contributed by atoms with Gasteiger partial charge in [0.15, 0.2) is 17.5 Å². The van der Waals surface area contributed by atoms with E-state index in [9.17, 15) is 52.7 Å². The van der Waals surface area contributed by atoms with Gasteiger partial charge in [0.2, 0.25) is 0 Å². The molecule has 11 rings (SSSR count). The van der Waals surface area contributed by atoms with Gasteiger partial charge in [-0.2, -0.15) is 79.0 Å². The van der Waals surface area contributed by atoms with E-state index >= 15 is 26.3 Å². The summed E-state index contributed by atoms with van der Waals surface area (Å²) in [6, 6.07) is 34.4. The summed E-state index contributed by atoms with van der Waals surface area (Å²) in [5.74, 6) is -0.239. The van der Waals surface area contributed by atoms with Gasteiger partial charge >= 0.3 is 37.1 Å². The summed E-state index contributed by atoms with van der Waals surface area (Å²) in [6.07, 6.45) is -31.9. The first-order valence-corrected chi connectivity index (χ1v) is 25.0. The second-order valence-electron chi connectivity index (χ2n) is 19.4. The van der Waals surface area contributed by atoms with E-state index in [1.165, 1.54) is 24.3 Å². The summed E-state index contributed by atoms with van der Waals surface area (Å²) in [7, 11) is 0. The Labute approximate surface area is 467 Å². The number of hydrogen-bond donors (Lipinski definition) is 0. The zero-order chi connectivity index (χ0) is 60.8. The highest BCUT2D eigenvalue weighted by atomic mass is 19.4. The van der Waals surface area contributed by atoms with E-state index in [2.05, 4.69) is 4.98 Å². The number of nitrogens with zero attached hydrogens (tertiary/aromatic N) is 4. The zero-order valence-corrected chi connectivity index (χ0v) is 42.6. The van der Waals surface area contributed by atoms with Gasteiger partial charge in [0, 0.05) is 38.6 Å². The van der Waals surface area contributed by atoms with Crippen LogP contribution >= 0.6 is 0 Å². The predicted octanol–water partition coefficient (Wildman–Crippen LogP) is 20.8. The molecular weight excluding hydrogens is 1150 g/mol. The maximum atomic E-state index is 15.6. The first-order chi connectivity index (χ1) is 39.9. The van der Waals surface area contributed by atoms with Crippen LogP contribution in [0.2, 0.25) is 0 Å². The predicted molar refractivity (Wildman–Crippen MR) is 282 cm³/mol. The monoisotopic (exact) mass is 1190 g/mol. The van der Waals surface area contributed by atoms with Gasteiger partial charge in [-0.1, -0.05) is 109 Å². The molecule has 0 aliphatic carbocycles. The Hall–Kier alpha value is -9.47. The second-order valence-corrected chi connectivity index (χ2v) is 19.4. The van der Waals surface area contributed by atoms with Gasteiger partial charge in [0.1, 0.15) is 0 Å². The fourth-order valence-electron chi connectivity index (χ4n) is 10.1. The van der Waals surface area contributed by atoms with E-state index in [0.29, 0.717) is 47.5 Å². The number of aromatic nitrogens is 4. The van der Waals surface area contributed by atoms with Crippen molar-refractivity contribution in [2.24, 2.45) is 0 Å². The van der Waals surface area contributed by atoms with Crippen molar-refractivity contribution >= 4 is 21.8 Å². The first-order valence-electron chi connectivity index (χ1n) is 25.0. The molecule has 430 valence electrons. The summed E-state index contributed by atoms with van der Waals surface area (Å²) < 4.78 is 267. The van der Waals surface area contributed by atoms with Crippen molar-refractivity contribution in [1.29, 1.82) is 0 Å². The maximum Gasteiger partial charge on any atom is 0.417 e. The van der Waals surface area contributed by atoms with Crippen molar-refractivity contribution in [2.45, 2.75) is 37.1 Å². The lowest BCUT2D eigenvalue weighted by Crippen LogP contribution is -2.11. The molecule has 9 aromatic carbocycles. The molecule has 0 radical (unpaired) electrons. The summed E-state index contributed by atoms with van der Waals surface area (Å²) in [5.41, 5.74) is -14.6. The number of hydrogen-bond acceptors (Lipinski definition) is 3. The molecule has 0 atom stereocenters. The Bertz CT molecular complexity index is 4050. The van der Waals surface area contributed by atoms with Gasteiger partial charge < -0.3 is 4.57 Å². The van der Waals surface area contributed by atoms with Crippen LogP contribution in [0.1, 0.15) is 33.4 Å². The van der Waals surface area contributed by atoms with Crippen molar-refractivity contribution in [3.05, 3.63) is 228 Å². The number of fused-ring (bicyclic) bond motifs is 3. The quantitative estimate of drug-likeness (QED) is 0.142. The summed E-state index contributed by atoms with van der Waals surface area (Å²) in [4.78, 5) is 14.1. The number of halogens is 18. The molecule has 0 spiro atoms. The molecule has 2 heterocycles. The third-order valence-corrected chi connectivity index (χ3v) is 13.9. The van der Waals surface area contributed by atoms with Gasteiger partial charge in [0.25, 0.3) is 0 Å². The second kappa shape index (κ2) is 20.7. The first kappa shape index (κ1) is 57.4. The lowest BCUT2D eigenvalue weighted by atomic mass is 9.88.